The van der Waals surface area contributed by atoms with Crippen molar-refractivity contribution in [3.8, 4) is 5.75 Å². The molecule has 0 saturated carbocycles. The lowest BCUT2D eigenvalue weighted by atomic mass is 10.1. The zero-order chi connectivity index (χ0) is 12.1. The van der Waals surface area contributed by atoms with E-state index < -0.39 is 0 Å². The summed E-state index contributed by atoms with van der Waals surface area (Å²) in [5.41, 5.74) is 0. The summed E-state index contributed by atoms with van der Waals surface area (Å²) < 4.78 is 6.71. The maximum Gasteiger partial charge on any atom is 0.134 e. The second-order valence-electron chi connectivity index (χ2n) is 3.54. The topological polar surface area (TPSA) is 9.23 Å². The van der Waals surface area contributed by atoms with Gasteiger partial charge in [-0.2, -0.15) is 0 Å². The first kappa shape index (κ1) is 12.7. The fourth-order valence-corrected chi connectivity index (χ4v) is 2.47. The first-order valence-corrected chi connectivity index (χ1v) is 7.25. The predicted octanol–water partition coefficient (Wildman–Crippen LogP) is 4.93. The van der Waals surface area contributed by atoms with Crippen molar-refractivity contribution < 1.29 is 4.74 Å². The molecule has 2 aromatic rings. The quantitative estimate of drug-likeness (QED) is 0.558. The Morgan fingerprint density at radius 3 is 2.71 bits per heavy atom. The van der Waals surface area contributed by atoms with Gasteiger partial charge in [0.15, 0.2) is 0 Å². The van der Waals surface area contributed by atoms with Crippen molar-refractivity contribution in [3.63, 3.8) is 0 Å². The Kier molecular flexibility index (Phi) is 4.63. The fraction of sp³-hybridized carbons (Fsp3) is 0.143. The van der Waals surface area contributed by atoms with Crippen LogP contribution in [0.2, 0.25) is 0 Å². The van der Waals surface area contributed by atoms with Crippen molar-refractivity contribution in [3.05, 3.63) is 53.0 Å². The van der Waals surface area contributed by atoms with E-state index in [0.717, 1.165) is 15.6 Å². The third kappa shape index (κ3) is 3.11. The van der Waals surface area contributed by atoms with E-state index in [0.29, 0.717) is 6.61 Å². The number of hydrogen-bond acceptors (Lipinski definition) is 1. The second kappa shape index (κ2) is 6.22. The highest BCUT2D eigenvalue weighted by molar-refractivity contribution is 9.10. The number of alkyl halides is 1. The molecule has 0 aliphatic heterocycles. The van der Waals surface area contributed by atoms with Gasteiger partial charge in [-0.1, -0.05) is 58.4 Å². The summed E-state index contributed by atoms with van der Waals surface area (Å²) in [6.07, 6.45) is 4.02. The molecule has 0 aliphatic carbocycles. The molecule has 2 rings (SSSR count). The average Bonchev–Trinajstić information content (AvgIpc) is 2.37. The summed E-state index contributed by atoms with van der Waals surface area (Å²) in [5.74, 6) is 0.878. The molecule has 0 aliphatic rings. The first-order valence-electron chi connectivity index (χ1n) is 5.34. The molecule has 0 unspecified atom stereocenters. The molecule has 0 spiro atoms. The Labute approximate surface area is 118 Å². The third-order valence-electron chi connectivity index (χ3n) is 2.42. The molecule has 0 fully saturated rings. The van der Waals surface area contributed by atoms with Crippen LogP contribution in [0.5, 0.6) is 5.75 Å². The summed E-state index contributed by atoms with van der Waals surface area (Å²) >= 11 is 6.92. The Morgan fingerprint density at radius 2 is 1.88 bits per heavy atom. The molecule has 0 heterocycles. The van der Waals surface area contributed by atoms with E-state index in [2.05, 4.69) is 50.1 Å². The van der Waals surface area contributed by atoms with Gasteiger partial charge in [0.2, 0.25) is 0 Å². The number of halogens is 2. The largest absolute Gasteiger partial charge is 0.488 e. The van der Waals surface area contributed by atoms with Crippen molar-refractivity contribution in [1.29, 1.82) is 0 Å². The number of fused-ring (bicyclic) bond motifs is 1. The predicted molar refractivity (Wildman–Crippen MR) is 80.1 cm³/mol. The van der Waals surface area contributed by atoms with Crippen LogP contribution in [0.15, 0.2) is 53.0 Å². The van der Waals surface area contributed by atoms with Crippen LogP contribution in [-0.2, 0) is 0 Å². The number of ether oxygens (including phenoxy) is 1. The van der Waals surface area contributed by atoms with Crippen molar-refractivity contribution in [2.24, 2.45) is 0 Å². The van der Waals surface area contributed by atoms with Crippen LogP contribution in [0.4, 0.5) is 0 Å². The lowest BCUT2D eigenvalue weighted by Gasteiger charge is -2.08. The number of rotatable bonds is 4. The molecule has 0 radical (unpaired) electrons. The molecule has 0 N–H and O–H groups in total. The van der Waals surface area contributed by atoms with Gasteiger partial charge in [-0.3, -0.25) is 0 Å². The van der Waals surface area contributed by atoms with Crippen molar-refractivity contribution in [2.75, 3.05) is 11.9 Å². The van der Waals surface area contributed by atoms with Crippen LogP contribution in [0.3, 0.4) is 0 Å². The molecular formula is C14H12Br2O. The monoisotopic (exact) mass is 354 g/mol. The third-order valence-corrected chi connectivity index (χ3v) is 3.61. The minimum Gasteiger partial charge on any atom is -0.488 e. The van der Waals surface area contributed by atoms with Gasteiger partial charge in [0.05, 0.1) is 4.47 Å². The molecule has 0 saturated heterocycles. The van der Waals surface area contributed by atoms with E-state index in [1.807, 2.05) is 30.4 Å². The molecule has 2 aromatic carbocycles. The van der Waals surface area contributed by atoms with Crippen LogP contribution in [0.1, 0.15) is 0 Å². The Hall–Kier alpha value is -0.800. The lowest BCUT2D eigenvalue weighted by molar-refractivity contribution is 0.361. The molecule has 0 amide bonds. The zero-order valence-electron chi connectivity index (χ0n) is 9.20. The summed E-state index contributed by atoms with van der Waals surface area (Å²) in [7, 11) is 0. The molecule has 3 heteroatoms. The van der Waals surface area contributed by atoms with Crippen LogP contribution in [0.25, 0.3) is 10.8 Å². The van der Waals surface area contributed by atoms with Gasteiger partial charge < -0.3 is 4.74 Å². The standard InChI is InChI=1S/C14H12Br2O/c15-9-3-4-10-17-13-8-7-11-5-1-2-6-12(11)14(13)16/h1-8H,9-10H2. The van der Waals surface area contributed by atoms with Gasteiger partial charge in [-0.05, 0) is 32.8 Å². The second-order valence-corrected chi connectivity index (χ2v) is 4.98. The van der Waals surface area contributed by atoms with Crippen LogP contribution in [0, 0.1) is 0 Å². The van der Waals surface area contributed by atoms with Crippen molar-refractivity contribution >= 4 is 42.6 Å². The van der Waals surface area contributed by atoms with Gasteiger partial charge >= 0.3 is 0 Å². The Bertz CT molecular complexity index is 535. The zero-order valence-corrected chi connectivity index (χ0v) is 12.4. The number of hydrogen-bond donors (Lipinski definition) is 0. The van der Waals surface area contributed by atoms with Gasteiger partial charge in [-0.25, -0.2) is 0 Å². The molecule has 0 bridgehead atoms. The molecule has 1 nitrogen and oxygen atoms in total. The summed E-state index contributed by atoms with van der Waals surface area (Å²) in [6, 6.07) is 12.3. The SMILES string of the molecule is BrCC=CCOc1ccc2ccccc2c1Br. The summed E-state index contributed by atoms with van der Waals surface area (Å²) in [4.78, 5) is 0. The minimum absolute atomic E-state index is 0.586. The molecular weight excluding hydrogens is 344 g/mol. The molecule has 0 aromatic heterocycles. The average molecular weight is 356 g/mol. The van der Waals surface area contributed by atoms with Crippen LogP contribution in [-0.4, -0.2) is 11.9 Å². The van der Waals surface area contributed by atoms with Crippen LogP contribution < -0.4 is 4.74 Å². The van der Waals surface area contributed by atoms with E-state index in [4.69, 9.17) is 4.74 Å². The normalized spacial score (nSPS) is 11.2. The van der Waals surface area contributed by atoms with Crippen molar-refractivity contribution in [2.45, 2.75) is 0 Å². The smallest absolute Gasteiger partial charge is 0.134 e. The van der Waals surface area contributed by atoms with Gasteiger partial charge in [0, 0.05) is 5.33 Å². The lowest BCUT2D eigenvalue weighted by Crippen LogP contribution is -1.94. The molecule has 17 heavy (non-hydrogen) atoms. The maximum absolute atomic E-state index is 5.69. The summed E-state index contributed by atoms with van der Waals surface area (Å²) in [6.45, 7) is 0.586. The highest BCUT2D eigenvalue weighted by atomic mass is 79.9. The van der Waals surface area contributed by atoms with Gasteiger partial charge in [0.1, 0.15) is 12.4 Å². The fourth-order valence-electron chi connectivity index (χ4n) is 1.59. The first-order chi connectivity index (χ1) is 8.33. The minimum atomic E-state index is 0.586. The highest BCUT2D eigenvalue weighted by Gasteiger charge is 2.04. The van der Waals surface area contributed by atoms with E-state index in [9.17, 15) is 0 Å². The van der Waals surface area contributed by atoms with E-state index in [1.54, 1.807) is 0 Å². The van der Waals surface area contributed by atoms with Crippen molar-refractivity contribution in [1.82, 2.24) is 0 Å². The Balaban J connectivity index is 2.23. The van der Waals surface area contributed by atoms with E-state index in [-0.39, 0.29) is 0 Å². The highest BCUT2D eigenvalue weighted by Crippen LogP contribution is 2.32. The van der Waals surface area contributed by atoms with E-state index in [1.165, 1.54) is 10.8 Å². The maximum atomic E-state index is 5.69. The summed E-state index contributed by atoms with van der Waals surface area (Å²) in [5, 5.41) is 3.24. The molecule has 88 valence electrons. The number of allylic oxidation sites excluding steroid dienone is 1. The van der Waals surface area contributed by atoms with Crippen LogP contribution >= 0.6 is 31.9 Å². The van der Waals surface area contributed by atoms with Gasteiger partial charge in [0.25, 0.3) is 0 Å². The molecule has 0 atom stereocenters. The van der Waals surface area contributed by atoms with Gasteiger partial charge in [-0.15, -0.1) is 0 Å². The van der Waals surface area contributed by atoms with E-state index >= 15 is 0 Å². The number of benzene rings is 2. The Morgan fingerprint density at radius 1 is 1.06 bits per heavy atom.